The molecule has 0 radical (unpaired) electrons. The summed E-state index contributed by atoms with van der Waals surface area (Å²) in [5.41, 5.74) is 2.98. The maximum absolute atomic E-state index is 12.3. The standard InChI is InChI=1S/C24H20N2O2S/c1-2-17-11-13-19(14-12-17)25-24-26-23(27)22(29-24)16-18-7-6-10-21(15-18)28-20-8-4-3-5-9-20/h3-16H,2H2,1H3,(H,25,26,27)/b22-16-. The van der Waals surface area contributed by atoms with E-state index in [4.69, 9.17) is 4.74 Å². The lowest BCUT2D eigenvalue weighted by atomic mass is 10.2. The molecule has 1 amide bonds. The molecule has 0 unspecified atom stereocenters. The first-order valence-corrected chi connectivity index (χ1v) is 10.2. The summed E-state index contributed by atoms with van der Waals surface area (Å²) >= 11 is 1.34. The maximum atomic E-state index is 12.3. The van der Waals surface area contributed by atoms with Crippen molar-refractivity contribution < 1.29 is 9.53 Å². The zero-order valence-corrected chi connectivity index (χ0v) is 16.8. The average molecular weight is 401 g/mol. The second-order valence-corrected chi connectivity index (χ2v) is 7.52. The first kappa shape index (κ1) is 19.0. The molecule has 3 aromatic carbocycles. The molecule has 0 saturated carbocycles. The quantitative estimate of drug-likeness (QED) is 0.540. The van der Waals surface area contributed by atoms with Crippen LogP contribution in [0.3, 0.4) is 0 Å². The third kappa shape index (κ3) is 4.95. The number of hydrogen-bond acceptors (Lipinski definition) is 4. The molecule has 1 heterocycles. The molecule has 0 aliphatic carbocycles. The maximum Gasteiger partial charge on any atom is 0.264 e. The predicted octanol–water partition coefficient (Wildman–Crippen LogP) is 5.93. The van der Waals surface area contributed by atoms with Gasteiger partial charge in [-0.1, -0.05) is 49.4 Å². The van der Waals surface area contributed by atoms with Crippen LogP contribution < -0.4 is 10.1 Å². The number of carbonyl (C=O) groups is 1. The summed E-state index contributed by atoms with van der Waals surface area (Å²) in [7, 11) is 0. The van der Waals surface area contributed by atoms with Gasteiger partial charge in [0.2, 0.25) is 0 Å². The minimum Gasteiger partial charge on any atom is -0.457 e. The van der Waals surface area contributed by atoms with Crippen molar-refractivity contribution in [3.05, 3.63) is 94.9 Å². The van der Waals surface area contributed by atoms with Crippen molar-refractivity contribution in [2.75, 3.05) is 0 Å². The number of para-hydroxylation sites is 1. The van der Waals surface area contributed by atoms with E-state index in [0.717, 1.165) is 29.2 Å². The van der Waals surface area contributed by atoms with E-state index in [1.165, 1.54) is 17.3 Å². The van der Waals surface area contributed by atoms with E-state index in [9.17, 15) is 4.79 Å². The molecule has 29 heavy (non-hydrogen) atoms. The van der Waals surface area contributed by atoms with Gasteiger partial charge < -0.3 is 10.1 Å². The minimum atomic E-state index is -0.145. The molecule has 0 atom stereocenters. The minimum absolute atomic E-state index is 0.145. The Morgan fingerprint density at radius 3 is 2.48 bits per heavy atom. The number of ether oxygens (including phenoxy) is 1. The number of amidine groups is 1. The average Bonchev–Trinajstić information content (AvgIpc) is 3.08. The highest BCUT2D eigenvalue weighted by Crippen LogP contribution is 2.29. The van der Waals surface area contributed by atoms with Gasteiger partial charge in [0.05, 0.1) is 10.6 Å². The number of nitrogens with zero attached hydrogens (tertiary/aromatic N) is 1. The molecule has 1 fully saturated rings. The normalized spacial score (nSPS) is 16.2. The monoisotopic (exact) mass is 400 g/mol. The fourth-order valence-electron chi connectivity index (χ4n) is 2.85. The molecule has 4 rings (SSSR count). The SMILES string of the molecule is CCc1ccc(N=C2NC(=O)/C(=C/c3cccc(Oc4ccccc4)c3)S2)cc1. The van der Waals surface area contributed by atoms with Gasteiger partial charge in [0.25, 0.3) is 5.91 Å². The van der Waals surface area contributed by atoms with Crippen molar-refractivity contribution in [3.8, 4) is 11.5 Å². The van der Waals surface area contributed by atoms with Crippen LogP contribution in [0.1, 0.15) is 18.1 Å². The highest BCUT2D eigenvalue weighted by molar-refractivity contribution is 8.18. The summed E-state index contributed by atoms with van der Waals surface area (Å²) in [4.78, 5) is 17.5. The van der Waals surface area contributed by atoms with Crippen LogP contribution in [-0.2, 0) is 11.2 Å². The molecule has 0 bridgehead atoms. The number of hydrogen-bond donors (Lipinski definition) is 1. The zero-order valence-electron chi connectivity index (χ0n) is 16.0. The van der Waals surface area contributed by atoms with Crippen LogP contribution in [0.25, 0.3) is 6.08 Å². The summed E-state index contributed by atoms with van der Waals surface area (Å²) in [6, 6.07) is 25.3. The van der Waals surface area contributed by atoms with Gasteiger partial charge in [0, 0.05) is 0 Å². The summed E-state index contributed by atoms with van der Waals surface area (Å²) in [6.07, 6.45) is 2.84. The lowest BCUT2D eigenvalue weighted by molar-refractivity contribution is -0.115. The Bertz CT molecular complexity index is 1070. The zero-order chi connectivity index (χ0) is 20.1. The largest absolute Gasteiger partial charge is 0.457 e. The first-order valence-electron chi connectivity index (χ1n) is 9.41. The van der Waals surface area contributed by atoms with Gasteiger partial charge >= 0.3 is 0 Å². The molecule has 144 valence electrons. The molecule has 4 nitrogen and oxygen atoms in total. The van der Waals surface area contributed by atoms with E-state index in [2.05, 4.69) is 29.4 Å². The Balaban J connectivity index is 1.50. The number of amides is 1. The molecule has 5 heteroatoms. The van der Waals surface area contributed by atoms with E-state index < -0.39 is 0 Å². The second kappa shape index (κ2) is 8.80. The predicted molar refractivity (Wildman–Crippen MR) is 120 cm³/mol. The molecule has 0 aromatic heterocycles. The molecule has 1 saturated heterocycles. The number of aryl methyl sites for hydroxylation is 1. The Labute approximate surface area is 174 Å². The molecular weight excluding hydrogens is 380 g/mol. The van der Waals surface area contributed by atoms with E-state index >= 15 is 0 Å². The summed E-state index contributed by atoms with van der Waals surface area (Å²) in [5, 5.41) is 3.42. The van der Waals surface area contributed by atoms with Crippen LogP contribution >= 0.6 is 11.8 Å². The number of rotatable bonds is 5. The van der Waals surface area contributed by atoms with Gasteiger partial charge in [-0.15, -0.1) is 0 Å². The number of aliphatic imine (C=N–C) groups is 1. The van der Waals surface area contributed by atoms with E-state index in [-0.39, 0.29) is 5.91 Å². The first-order chi connectivity index (χ1) is 14.2. The number of carbonyl (C=O) groups excluding carboxylic acids is 1. The van der Waals surface area contributed by atoms with Crippen molar-refractivity contribution in [1.82, 2.24) is 5.32 Å². The van der Waals surface area contributed by atoms with Gasteiger partial charge in [-0.3, -0.25) is 4.79 Å². The Kier molecular flexibility index (Phi) is 5.77. The van der Waals surface area contributed by atoms with Gasteiger partial charge in [0.1, 0.15) is 11.5 Å². The summed E-state index contributed by atoms with van der Waals surface area (Å²) in [5.74, 6) is 1.35. The van der Waals surface area contributed by atoms with E-state index in [0.29, 0.717) is 10.1 Å². The van der Waals surface area contributed by atoms with Crippen molar-refractivity contribution in [1.29, 1.82) is 0 Å². The van der Waals surface area contributed by atoms with Crippen LogP contribution in [0.4, 0.5) is 5.69 Å². The number of benzene rings is 3. The van der Waals surface area contributed by atoms with Crippen molar-refractivity contribution in [2.24, 2.45) is 4.99 Å². The highest BCUT2D eigenvalue weighted by atomic mass is 32.2. The molecule has 0 spiro atoms. The van der Waals surface area contributed by atoms with Crippen LogP contribution in [-0.4, -0.2) is 11.1 Å². The highest BCUT2D eigenvalue weighted by Gasteiger charge is 2.23. The molecular formula is C24H20N2O2S. The lowest BCUT2D eigenvalue weighted by Gasteiger charge is -2.06. The fraction of sp³-hybridized carbons (Fsp3) is 0.0833. The summed E-state index contributed by atoms with van der Waals surface area (Å²) in [6.45, 7) is 2.12. The molecule has 1 aliphatic heterocycles. The third-order valence-electron chi connectivity index (χ3n) is 4.36. The van der Waals surface area contributed by atoms with Crippen LogP contribution in [0.5, 0.6) is 11.5 Å². The Morgan fingerprint density at radius 1 is 0.966 bits per heavy atom. The third-order valence-corrected chi connectivity index (χ3v) is 5.27. The Hall–Kier alpha value is -3.31. The number of thioether (sulfide) groups is 1. The Morgan fingerprint density at radius 2 is 1.72 bits per heavy atom. The van der Waals surface area contributed by atoms with Gasteiger partial charge in [-0.25, -0.2) is 4.99 Å². The van der Waals surface area contributed by atoms with Gasteiger partial charge in [-0.05, 0) is 71.8 Å². The molecule has 1 N–H and O–H groups in total. The molecule has 1 aliphatic rings. The van der Waals surface area contributed by atoms with Crippen LogP contribution in [0.2, 0.25) is 0 Å². The second-order valence-electron chi connectivity index (χ2n) is 6.49. The topological polar surface area (TPSA) is 50.7 Å². The van der Waals surface area contributed by atoms with Crippen molar-refractivity contribution in [3.63, 3.8) is 0 Å². The van der Waals surface area contributed by atoms with Gasteiger partial charge in [0.15, 0.2) is 5.17 Å². The van der Waals surface area contributed by atoms with Crippen molar-refractivity contribution in [2.45, 2.75) is 13.3 Å². The van der Waals surface area contributed by atoms with Crippen LogP contribution in [0, 0.1) is 0 Å². The van der Waals surface area contributed by atoms with Gasteiger partial charge in [-0.2, -0.15) is 0 Å². The van der Waals surface area contributed by atoms with E-state index in [1.54, 1.807) is 0 Å². The summed E-state index contributed by atoms with van der Waals surface area (Å²) < 4.78 is 5.87. The van der Waals surface area contributed by atoms with Crippen LogP contribution in [0.15, 0.2) is 88.8 Å². The molecule has 3 aromatic rings. The smallest absolute Gasteiger partial charge is 0.264 e. The lowest BCUT2D eigenvalue weighted by Crippen LogP contribution is -2.19. The number of nitrogens with one attached hydrogen (secondary N) is 1. The van der Waals surface area contributed by atoms with E-state index in [1.807, 2.05) is 72.8 Å². The fourth-order valence-corrected chi connectivity index (χ4v) is 3.69. The van der Waals surface area contributed by atoms with Crippen molar-refractivity contribution >= 4 is 34.6 Å².